The molecule has 6 nitrogen and oxygen atoms in total. The summed E-state index contributed by atoms with van der Waals surface area (Å²) in [5, 5.41) is 2.58. The Bertz CT molecular complexity index is 381. The molecule has 1 saturated carbocycles. The van der Waals surface area contributed by atoms with Gasteiger partial charge in [0.1, 0.15) is 0 Å². The van der Waals surface area contributed by atoms with Gasteiger partial charge in [-0.1, -0.05) is 6.42 Å². The second-order valence-electron chi connectivity index (χ2n) is 6.43. The molecule has 1 saturated heterocycles. The van der Waals surface area contributed by atoms with Crippen molar-refractivity contribution in [3.63, 3.8) is 0 Å². The Hall–Kier alpha value is -1.14. The van der Waals surface area contributed by atoms with Crippen molar-refractivity contribution < 1.29 is 14.3 Å². The highest BCUT2D eigenvalue weighted by Crippen LogP contribution is 2.28. The van der Waals surface area contributed by atoms with Crippen molar-refractivity contribution in [2.75, 3.05) is 26.7 Å². The van der Waals surface area contributed by atoms with E-state index in [4.69, 9.17) is 10.5 Å². The van der Waals surface area contributed by atoms with Gasteiger partial charge < -0.3 is 20.7 Å². The van der Waals surface area contributed by atoms with Crippen molar-refractivity contribution >= 4 is 11.8 Å². The van der Waals surface area contributed by atoms with E-state index in [0.29, 0.717) is 25.4 Å². The number of carbonyl (C=O) groups excluding carboxylic acids is 2. The van der Waals surface area contributed by atoms with Crippen LogP contribution in [0.2, 0.25) is 0 Å². The summed E-state index contributed by atoms with van der Waals surface area (Å²) in [4.78, 5) is 25.4. The molecule has 2 fully saturated rings. The van der Waals surface area contributed by atoms with Crippen LogP contribution in [0.15, 0.2) is 0 Å². The van der Waals surface area contributed by atoms with E-state index in [9.17, 15) is 9.59 Å². The summed E-state index contributed by atoms with van der Waals surface area (Å²) in [5.41, 5.74) is 6.05. The Morgan fingerprint density at radius 2 is 1.95 bits per heavy atom. The lowest BCUT2D eigenvalue weighted by Gasteiger charge is -2.33. The summed E-state index contributed by atoms with van der Waals surface area (Å²) in [6.45, 7) is 1.96. The third-order valence-electron chi connectivity index (χ3n) is 4.91. The number of likely N-dealkylation sites (tertiary alicyclic amines) is 1. The van der Waals surface area contributed by atoms with E-state index in [1.165, 1.54) is 0 Å². The number of hydrogen-bond acceptors (Lipinski definition) is 4. The van der Waals surface area contributed by atoms with Gasteiger partial charge in [-0.25, -0.2) is 0 Å². The third kappa shape index (κ3) is 4.95. The molecule has 6 heteroatoms. The van der Waals surface area contributed by atoms with Gasteiger partial charge in [-0.15, -0.1) is 0 Å². The zero-order chi connectivity index (χ0) is 15.9. The number of amides is 2. The van der Waals surface area contributed by atoms with E-state index in [-0.39, 0.29) is 24.0 Å². The topological polar surface area (TPSA) is 84.7 Å². The van der Waals surface area contributed by atoms with Crippen LogP contribution >= 0.6 is 0 Å². The molecule has 0 radical (unpaired) electrons. The first-order chi connectivity index (χ1) is 10.6. The molecule has 1 aliphatic carbocycles. The molecule has 2 aliphatic rings. The van der Waals surface area contributed by atoms with E-state index in [1.54, 1.807) is 7.05 Å². The maximum Gasteiger partial charge on any atom is 0.222 e. The van der Waals surface area contributed by atoms with Crippen LogP contribution in [-0.4, -0.2) is 55.6 Å². The summed E-state index contributed by atoms with van der Waals surface area (Å²) in [7, 11) is 1.63. The fraction of sp³-hybridized carbons (Fsp3) is 0.875. The monoisotopic (exact) mass is 311 g/mol. The van der Waals surface area contributed by atoms with E-state index in [1.807, 2.05) is 4.90 Å². The van der Waals surface area contributed by atoms with E-state index < -0.39 is 0 Å². The fourth-order valence-electron chi connectivity index (χ4n) is 3.39. The molecule has 22 heavy (non-hydrogen) atoms. The van der Waals surface area contributed by atoms with Crippen molar-refractivity contribution in [3.05, 3.63) is 0 Å². The maximum absolute atomic E-state index is 12.3. The van der Waals surface area contributed by atoms with Crippen molar-refractivity contribution in [2.45, 2.75) is 57.1 Å². The number of carbonyl (C=O) groups is 2. The second kappa shape index (κ2) is 8.48. The van der Waals surface area contributed by atoms with Gasteiger partial charge in [0.2, 0.25) is 11.8 Å². The van der Waals surface area contributed by atoms with Gasteiger partial charge >= 0.3 is 0 Å². The molecule has 0 spiro atoms. The van der Waals surface area contributed by atoms with Gasteiger partial charge in [0, 0.05) is 39.0 Å². The summed E-state index contributed by atoms with van der Waals surface area (Å²) in [6, 6.07) is 0.203. The lowest BCUT2D eigenvalue weighted by atomic mass is 9.98. The summed E-state index contributed by atoms with van der Waals surface area (Å²) in [6.07, 6.45) is 6.18. The first-order valence-electron chi connectivity index (χ1n) is 8.45. The van der Waals surface area contributed by atoms with E-state index in [0.717, 1.165) is 45.2 Å². The number of piperidine rings is 1. The highest BCUT2D eigenvalue weighted by atomic mass is 16.5. The van der Waals surface area contributed by atoms with E-state index in [2.05, 4.69) is 5.32 Å². The summed E-state index contributed by atoms with van der Waals surface area (Å²) >= 11 is 0. The molecule has 3 N–H and O–H groups in total. The number of hydrogen-bond donors (Lipinski definition) is 2. The average Bonchev–Trinajstić information content (AvgIpc) is 2.93. The number of nitrogens with two attached hydrogens (primary N) is 1. The third-order valence-corrected chi connectivity index (χ3v) is 4.91. The van der Waals surface area contributed by atoms with Crippen LogP contribution in [0.25, 0.3) is 0 Å². The summed E-state index contributed by atoms with van der Waals surface area (Å²) < 4.78 is 5.72. The largest absolute Gasteiger partial charge is 0.378 e. The van der Waals surface area contributed by atoms with E-state index >= 15 is 0 Å². The molecule has 126 valence electrons. The number of nitrogens with one attached hydrogen (secondary N) is 1. The molecule has 0 aromatic carbocycles. The minimum Gasteiger partial charge on any atom is -0.378 e. The highest BCUT2D eigenvalue weighted by Gasteiger charge is 2.29. The standard InChI is InChI=1S/C16H29N3O3/c1-18-15(20)7-10-22-13-5-8-19(9-6-13)16(21)11-12-3-2-4-14(12)17/h12-14H,2-11,17H2,1H3,(H,18,20)/t12-,14+/m0/s1. The minimum atomic E-state index is 0.000478. The molecule has 0 aromatic heterocycles. The van der Waals surface area contributed by atoms with Crippen molar-refractivity contribution in [3.8, 4) is 0 Å². The molecule has 2 rings (SSSR count). The predicted molar refractivity (Wildman–Crippen MR) is 84.2 cm³/mol. The van der Waals surface area contributed by atoms with Gasteiger partial charge in [0.15, 0.2) is 0 Å². The Kier molecular flexibility index (Phi) is 6.64. The SMILES string of the molecule is CNC(=O)CCOC1CCN(C(=O)C[C@@H]2CCC[C@H]2N)CC1. The van der Waals surface area contributed by atoms with Crippen LogP contribution in [0.1, 0.15) is 44.9 Å². The number of rotatable bonds is 6. The first-order valence-corrected chi connectivity index (χ1v) is 8.45. The molecule has 0 aromatic rings. The molecule has 0 bridgehead atoms. The zero-order valence-corrected chi connectivity index (χ0v) is 13.6. The Morgan fingerprint density at radius 1 is 1.23 bits per heavy atom. The van der Waals surface area contributed by atoms with Crippen molar-refractivity contribution in [2.24, 2.45) is 11.7 Å². The van der Waals surface area contributed by atoms with Gasteiger partial charge in [0.05, 0.1) is 12.7 Å². The van der Waals surface area contributed by atoms with Gasteiger partial charge in [-0.2, -0.15) is 0 Å². The van der Waals surface area contributed by atoms with Crippen LogP contribution in [0, 0.1) is 5.92 Å². The molecular formula is C16H29N3O3. The quantitative estimate of drug-likeness (QED) is 0.754. The molecule has 0 unspecified atom stereocenters. The first kappa shape index (κ1) is 17.2. The molecule has 2 amide bonds. The molecular weight excluding hydrogens is 282 g/mol. The van der Waals surface area contributed by atoms with Crippen LogP contribution in [0.3, 0.4) is 0 Å². The fourth-order valence-corrected chi connectivity index (χ4v) is 3.39. The zero-order valence-electron chi connectivity index (χ0n) is 13.6. The predicted octanol–water partition coefficient (Wildman–Crippen LogP) is 0.648. The van der Waals surface area contributed by atoms with Crippen molar-refractivity contribution in [1.82, 2.24) is 10.2 Å². The molecule has 1 aliphatic heterocycles. The Balaban J connectivity index is 1.64. The number of nitrogens with zero attached hydrogens (tertiary/aromatic N) is 1. The van der Waals surface area contributed by atoms with Crippen LogP contribution in [0.5, 0.6) is 0 Å². The van der Waals surface area contributed by atoms with Gasteiger partial charge in [0.25, 0.3) is 0 Å². The highest BCUT2D eigenvalue weighted by molar-refractivity contribution is 5.76. The molecule has 2 atom stereocenters. The van der Waals surface area contributed by atoms with Gasteiger partial charge in [-0.3, -0.25) is 9.59 Å². The van der Waals surface area contributed by atoms with Gasteiger partial charge in [-0.05, 0) is 31.6 Å². The molecule has 1 heterocycles. The second-order valence-corrected chi connectivity index (χ2v) is 6.43. The minimum absolute atomic E-state index is 0.000478. The smallest absolute Gasteiger partial charge is 0.222 e. The maximum atomic E-state index is 12.3. The number of ether oxygens (including phenoxy) is 1. The van der Waals surface area contributed by atoms with Crippen LogP contribution < -0.4 is 11.1 Å². The Morgan fingerprint density at radius 3 is 2.55 bits per heavy atom. The van der Waals surface area contributed by atoms with Crippen molar-refractivity contribution in [1.29, 1.82) is 0 Å². The van der Waals surface area contributed by atoms with Crippen LogP contribution in [0.4, 0.5) is 0 Å². The lowest BCUT2D eigenvalue weighted by molar-refractivity contribution is -0.135. The normalized spacial score (nSPS) is 26.2. The van der Waals surface area contributed by atoms with Crippen LogP contribution in [-0.2, 0) is 14.3 Å². The average molecular weight is 311 g/mol. The Labute approximate surface area is 132 Å². The lowest BCUT2D eigenvalue weighted by Crippen LogP contribution is -2.42. The summed E-state index contributed by atoms with van der Waals surface area (Å²) in [5.74, 6) is 0.612.